The summed E-state index contributed by atoms with van der Waals surface area (Å²) in [5, 5.41) is 4.10. The topological polar surface area (TPSA) is 90.3 Å². The minimum atomic E-state index is -3.74. The Hall–Kier alpha value is -2.35. The fourth-order valence-electron chi connectivity index (χ4n) is 2.14. The zero-order chi connectivity index (χ0) is 16.5. The summed E-state index contributed by atoms with van der Waals surface area (Å²) in [4.78, 5) is 11.5. The molecule has 1 N–H and O–H groups in total. The highest BCUT2D eigenvalue weighted by Gasteiger charge is 2.23. The molecule has 22 heavy (non-hydrogen) atoms. The second kappa shape index (κ2) is 5.80. The molecule has 0 radical (unpaired) electrons. The third-order valence-electron chi connectivity index (χ3n) is 3.27. The van der Waals surface area contributed by atoms with E-state index in [2.05, 4.69) is 14.6 Å². The largest absolute Gasteiger partial charge is 0.465 e. The van der Waals surface area contributed by atoms with Gasteiger partial charge in [-0.2, -0.15) is 5.10 Å². The maximum absolute atomic E-state index is 12.5. The fraction of sp³-hybridized carbons (Fsp3) is 0.286. The number of carbonyl (C=O) groups is 1. The maximum atomic E-state index is 12.5. The summed E-state index contributed by atoms with van der Waals surface area (Å²) in [5.41, 5.74) is 1.68. The van der Waals surface area contributed by atoms with E-state index in [1.807, 2.05) is 0 Å². The van der Waals surface area contributed by atoms with E-state index in [-0.39, 0.29) is 4.90 Å². The van der Waals surface area contributed by atoms with Crippen LogP contribution in [-0.4, -0.2) is 31.3 Å². The van der Waals surface area contributed by atoms with Crippen molar-refractivity contribution in [2.24, 2.45) is 7.05 Å². The Kier molecular flexibility index (Phi) is 4.23. The van der Waals surface area contributed by atoms with Gasteiger partial charge >= 0.3 is 5.97 Å². The van der Waals surface area contributed by atoms with Crippen LogP contribution in [0, 0.1) is 13.8 Å². The Morgan fingerprint density at radius 3 is 2.27 bits per heavy atom. The first-order valence-corrected chi connectivity index (χ1v) is 7.96. The van der Waals surface area contributed by atoms with Crippen molar-refractivity contribution in [2.75, 3.05) is 11.8 Å². The molecule has 0 aliphatic carbocycles. The highest BCUT2D eigenvalue weighted by molar-refractivity contribution is 7.92. The Morgan fingerprint density at radius 1 is 1.23 bits per heavy atom. The number of nitrogens with one attached hydrogen (secondary N) is 1. The molecule has 0 saturated heterocycles. The van der Waals surface area contributed by atoms with Crippen molar-refractivity contribution >= 4 is 21.7 Å². The Labute approximate surface area is 129 Å². The number of hydrogen-bond donors (Lipinski definition) is 1. The maximum Gasteiger partial charge on any atom is 0.337 e. The van der Waals surface area contributed by atoms with Gasteiger partial charge in [0.15, 0.2) is 0 Å². The molecule has 1 aromatic heterocycles. The normalized spacial score (nSPS) is 11.3. The Morgan fingerprint density at radius 2 is 1.82 bits per heavy atom. The number of esters is 1. The van der Waals surface area contributed by atoms with Crippen LogP contribution >= 0.6 is 0 Å². The van der Waals surface area contributed by atoms with Gasteiger partial charge in [-0.05, 0) is 38.1 Å². The van der Waals surface area contributed by atoms with E-state index in [0.29, 0.717) is 22.6 Å². The number of aromatic nitrogens is 2. The van der Waals surface area contributed by atoms with Crippen molar-refractivity contribution < 1.29 is 17.9 Å². The van der Waals surface area contributed by atoms with E-state index in [4.69, 9.17) is 0 Å². The second-order valence-electron chi connectivity index (χ2n) is 4.80. The van der Waals surface area contributed by atoms with E-state index >= 15 is 0 Å². The minimum Gasteiger partial charge on any atom is -0.465 e. The van der Waals surface area contributed by atoms with Crippen LogP contribution in [0.4, 0.5) is 5.69 Å². The first kappa shape index (κ1) is 16.0. The van der Waals surface area contributed by atoms with Gasteiger partial charge in [0, 0.05) is 12.7 Å². The van der Waals surface area contributed by atoms with Crippen molar-refractivity contribution in [3.05, 3.63) is 41.2 Å². The van der Waals surface area contributed by atoms with Crippen LogP contribution in [0.3, 0.4) is 0 Å². The molecule has 0 bridgehead atoms. The average molecular weight is 323 g/mol. The lowest BCUT2D eigenvalue weighted by Crippen LogP contribution is -2.15. The second-order valence-corrected chi connectivity index (χ2v) is 6.42. The van der Waals surface area contributed by atoms with Gasteiger partial charge in [0.2, 0.25) is 0 Å². The van der Waals surface area contributed by atoms with Gasteiger partial charge in [-0.15, -0.1) is 0 Å². The predicted molar refractivity (Wildman–Crippen MR) is 81.3 cm³/mol. The molecule has 1 aromatic carbocycles. The summed E-state index contributed by atoms with van der Waals surface area (Å²) in [6.07, 6.45) is 0. The summed E-state index contributed by atoms with van der Waals surface area (Å²) in [6, 6.07) is 6.00. The van der Waals surface area contributed by atoms with Crippen LogP contribution in [0.25, 0.3) is 0 Å². The molecular formula is C14H17N3O4S. The van der Waals surface area contributed by atoms with E-state index in [9.17, 15) is 13.2 Å². The molecule has 8 heteroatoms. The van der Waals surface area contributed by atoms with Crippen molar-refractivity contribution in [2.45, 2.75) is 18.7 Å². The smallest absolute Gasteiger partial charge is 0.337 e. The first-order chi connectivity index (χ1) is 10.3. The molecule has 0 fully saturated rings. The number of carbonyl (C=O) groups excluding carboxylic acids is 1. The molecule has 118 valence electrons. The lowest BCUT2D eigenvalue weighted by atomic mass is 10.2. The highest BCUT2D eigenvalue weighted by atomic mass is 32.2. The number of hydrogen-bond acceptors (Lipinski definition) is 5. The standard InChI is InChI=1S/C14H17N3O4S/c1-9-13(10(2)17(3)15-9)22(19,20)16-12-7-5-11(6-8-12)14(18)21-4/h5-8,16H,1-4H3. The lowest BCUT2D eigenvalue weighted by molar-refractivity contribution is 0.0601. The van der Waals surface area contributed by atoms with Gasteiger partial charge in [0.1, 0.15) is 4.90 Å². The van der Waals surface area contributed by atoms with Gasteiger partial charge in [0.05, 0.1) is 24.1 Å². The molecule has 0 aliphatic rings. The zero-order valence-corrected chi connectivity index (χ0v) is 13.6. The fourth-order valence-corrected chi connectivity index (χ4v) is 3.64. The number of methoxy groups -OCH3 is 1. The molecule has 0 spiro atoms. The van der Waals surface area contributed by atoms with Crippen LogP contribution < -0.4 is 4.72 Å². The molecule has 0 amide bonds. The third-order valence-corrected chi connectivity index (χ3v) is 4.90. The highest BCUT2D eigenvalue weighted by Crippen LogP contribution is 2.22. The predicted octanol–water partition coefficient (Wildman–Crippen LogP) is 1.62. The SMILES string of the molecule is COC(=O)c1ccc(NS(=O)(=O)c2c(C)nn(C)c2C)cc1. The number of rotatable bonds is 4. The van der Waals surface area contributed by atoms with Gasteiger partial charge < -0.3 is 4.74 Å². The van der Waals surface area contributed by atoms with Crippen LogP contribution in [-0.2, 0) is 21.8 Å². The Balaban J connectivity index is 2.31. The van der Waals surface area contributed by atoms with Gasteiger partial charge in [0.25, 0.3) is 10.0 Å². The van der Waals surface area contributed by atoms with E-state index in [1.54, 1.807) is 20.9 Å². The van der Waals surface area contributed by atoms with Crippen LogP contribution in [0.1, 0.15) is 21.7 Å². The average Bonchev–Trinajstić information content (AvgIpc) is 2.72. The van der Waals surface area contributed by atoms with Crippen LogP contribution in [0.15, 0.2) is 29.2 Å². The van der Waals surface area contributed by atoms with Crippen LogP contribution in [0.2, 0.25) is 0 Å². The first-order valence-electron chi connectivity index (χ1n) is 6.47. The van der Waals surface area contributed by atoms with Crippen molar-refractivity contribution in [3.63, 3.8) is 0 Å². The van der Waals surface area contributed by atoms with Crippen LogP contribution in [0.5, 0.6) is 0 Å². The molecule has 0 aliphatic heterocycles. The molecule has 0 unspecified atom stereocenters. The molecule has 1 heterocycles. The Bertz CT molecular complexity index is 807. The van der Waals surface area contributed by atoms with Gasteiger partial charge in [-0.25, -0.2) is 13.2 Å². The van der Waals surface area contributed by atoms with Gasteiger partial charge in [-0.3, -0.25) is 9.40 Å². The quantitative estimate of drug-likeness (QED) is 0.864. The lowest BCUT2D eigenvalue weighted by Gasteiger charge is -2.09. The summed E-state index contributed by atoms with van der Waals surface area (Å²) < 4.78 is 33.5. The number of nitrogens with zero attached hydrogens (tertiary/aromatic N) is 2. The number of aryl methyl sites for hydroxylation is 2. The van der Waals surface area contributed by atoms with E-state index in [1.165, 1.54) is 36.1 Å². The molecule has 2 rings (SSSR count). The number of sulfonamides is 1. The molecule has 2 aromatic rings. The minimum absolute atomic E-state index is 0.159. The van der Waals surface area contributed by atoms with Crippen molar-refractivity contribution in [1.29, 1.82) is 0 Å². The van der Waals surface area contributed by atoms with E-state index in [0.717, 1.165) is 0 Å². The molecule has 0 atom stereocenters. The van der Waals surface area contributed by atoms with Gasteiger partial charge in [-0.1, -0.05) is 0 Å². The third kappa shape index (κ3) is 2.96. The summed E-state index contributed by atoms with van der Waals surface area (Å²) in [5.74, 6) is -0.478. The zero-order valence-electron chi connectivity index (χ0n) is 12.7. The summed E-state index contributed by atoms with van der Waals surface area (Å²) in [7, 11) is -0.770. The summed E-state index contributed by atoms with van der Waals surface area (Å²) in [6.45, 7) is 3.33. The molecule has 0 saturated carbocycles. The molecule has 7 nitrogen and oxygen atoms in total. The van der Waals surface area contributed by atoms with Crippen molar-refractivity contribution in [3.8, 4) is 0 Å². The monoisotopic (exact) mass is 323 g/mol. The summed E-state index contributed by atoms with van der Waals surface area (Å²) >= 11 is 0. The molecular weight excluding hydrogens is 306 g/mol. The number of benzene rings is 1. The van der Waals surface area contributed by atoms with E-state index < -0.39 is 16.0 Å². The van der Waals surface area contributed by atoms with Crippen molar-refractivity contribution in [1.82, 2.24) is 9.78 Å². The number of anilines is 1. The number of ether oxygens (including phenoxy) is 1.